The Balaban J connectivity index is 1.74. The highest BCUT2D eigenvalue weighted by molar-refractivity contribution is 5.92. The lowest BCUT2D eigenvalue weighted by Crippen LogP contribution is -2.21. The van der Waals surface area contributed by atoms with Crippen LogP contribution in [0.15, 0.2) is 42.9 Å². The van der Waals surface area contributed by atoms with Gasteiger partial charge in [0.25, 0.3) is 5.91 Å². The Hall–Kier alpha value is -3.66. The van der Waals surface area contributed by atoms with Crippen molar-refractivity contribution in [1.29, 1.82) is 0 Å². The van der Waals surface area contributed by atoms with E-state index < -0.39 is 5.91 Å². The number of imidazole rings is 1. The molecule has 0 spiro atoms. The maximum Gasteiger partial charge on any atom is 0.268 e. The van der Waals surface area contributed by atoms with E-state index in [1.54, 1.807) is 34.9 Å². The maximum absolute atomic E-state index is 12.0. The van der Waals surface area contributed by atoms with Crippen molar-refractivity contribution in [3.05, 3.63) is 54.1 Å². The highest BCUT2D eigenvalue weighted by Gasteiger charge is 2.27. The summed E-state index contributed by atoms with van der Waals surface area (Å²) in [7, 11) is 1.79. The molecule has 7 nitrogen and oxygen atoms in total. The third-order valence-electron chi connectivity index (χ3n) is 4.58. The van der Waals surface area contributed by atoms with Crippen molar-refractivity contribution in [2.45, 2.75) is 6.42 Å². The number of primary amides is 1. The molecule has 4 rings (SSSR count). The highest BCUT2D eigenvalue weighted by atomic mass is 16.2. The Morgan fingerprint density at radius 2 is 2.22 bits per heavy atom. The van der Waals surface area contributed by atoms with E-state index in [1.807, 2.05) is 24.3 Å². The predicted octanol–water partition coefficient (Wildman–Crippen LogP) is 1.32. The van der Waals surface area contributed by atoms with Crippen molar-refractivity contribution in [3.63, 3.8) is 0 Å². The standard InChI is InChI=1S/C20H17N5O2/c1-24-9-7-14(20(24)27)6-5-13-3-2-4-15(11-13)17-19-22-8-10-25(19)12-16(23-17)18(21)26/h2-4,8,10-12,14H,7,9H2,1H3,(H2,21,26)/t14-/m1/s1. The van der Waals surface area contributed by atoms with Gasteiger partial charge in [0.2, 0.25) is 5.91 Å². The molecule has 0 saturated carbocycles. The fraction of sp³-hybridized carbons (Fsp3) is 0.200. The first-order valence-electron chi connectivity index (χ1n) is 8.53. The minimum Gasteiger partial charge on any atom is -0.364 e. The molecule has 1 atom stereocenters. The molecule has 0 bridgehead atoms. The van der Waals surface area contributed by atoms with E-state index in [-0.39, 0.29) is 17.5 Å². The second-order valence-electron chi connectivity index (χ2n) is 6.45. The van der Waals surface area contributed by atoms with Crippen LogP contribution in [-0.2, 0) is 4.79 Å². The molecule has 0 aliphatic carbocycles. The van der Waals surface area contributed by atoms with Crippen molar-refractivity contribution in [1.82, 2.24) is 19.3 Å². The summed E-state index contributed by atoms with van der Waals surface area (Å²) in [5, 5.41) is 0. The smallest absolute Gasteiger partial charge is 0.268 e. The van der Waals surface area contributed by atoms with Crippen molar-refractivity contribution < 1.29 is 9.59 Å². The minimum absolute atomic E-state index is 0.0635. The lowest BCUT2D eigenvalue weighted by atomic mass is 10.1. The van der Waals surface area contributed by atoms with Crippen LogP contribution in [-0.4, -0.2) is 44.7 Å². The number of fused-ring (bicyclic) bond motifs is 1. The summed E-state index contributed by atoms with van der Waals surface area (Å²) in [5.74, 6) is 5.35. The fourth-order valence-electron chi connectivity index (χ4n) is 3.12. The number of benzene rings is 1. The summed E-state index contributed by atoms with van der Waals surface area (Å²) in [4.78, 5) is 34.0. The predicted molar refractivity (Wildman–Crippen MR) is 99.6 cm³/mol. The molecular weight excluding hydrogens is 342 g/mol. The first kappa shape index (κ1) is 16.8. The van der Waals surface area contributed by atoms with E-state index in [0.717, 1.165) is 24.1 Å². The van der Waals surface area contributed by atoms with E-state index in [1.165, 1.54) is 0 Å². The summed E-state index contributed by atoms with van der Waals surface area (Å²) in [6.45, 7) is 0.736. The van der Waals surface area contributed by atoms with Crippen LogP contribution < -0.4 is 5.73 Å². The second-order valence-corrected chi connectivity index (χ2v) is 6.45. The highest BCUT2D eigenvalue weighted by Crippen LogP contribution is 2.23. The quantitative estimate of drug-likeness (QED) is 0.699. The van der Waals surface area contributed by atoms with Crippen LogP contribution in [0, 0.1) is 17.8 Å². The lowest BCUT2D eigenvalue weighted by Gasteiger charge is -2.06. The van der Waals surface area contributed by atoms with Gasteiger partial charge in [-0.3, -0.25) is 9.59 Å². The van der Waals surface area contributed by atoms with Gasteiger partial charge in [-0.1, -0.05) is 24.0 Å². The van der Waals surface area contributed by atoms with Crippen LogP contribution in [0.2, 0.25) is 0 Å². The molecule has 1 aromatic carbocycles. The van der Waals surface area contributed by atoms with E-state index >= 15 is 0 Å². The normalized spacial score (nSPS) is 16.4. The van der Waals surface area contributed by atoms with Gasteiger partial charge in [-0.2, -0.15) is 0 Å². The molecule has 0 unspecified atom stereocenters. The second kappa shape index (κ2) is 6.57. The van der Waals surface area contributed by atoms with Crippen molar-refractivity contribution in [2.24, 2.45) is 11.7 Å². The van der Waals surface area contributed by atoms with Gasteiger partial charge in [-0.15, -0.1) is 0 Å². The van der Waals surface area contributed by atoms with Crippen molar-refractivity contribution in [2.75, 3.05) is 13.6 Å². The van der Waals surface area contributed by atoms with Gasteiger partial charge < -0.3 is 15.0 Å². The molecule has 27 heavy (non-hydrogen) atoms. The molecule has 1 aliphatic heterocycles. The number of hydrogen-bond acceptors (Lipinski definition) is 4. The lowest BCUT2D eigenvalue weighted by molar-refractivity contribution is -0.128. The van der Waals surface area contributed by atoms with E-state index in [2.05, 4.69) is 21.8 Å². The Morgan fingerprint density at radius 1 is 1.37 bits per heavy atom. The van der Waals surface area contributed by atoms with Gasteiger partial charge in [-0.05, 0) is 18.6 Å². The molecule has 1 saturated heterocycles. The maximum atomic E-state index is 12.0. The van der Waals surface area contributed by atoms with Crippen LogP contribution in [0.4, 0.5) is 0 Å². The number of likely N-dealkylation sites (tertiary alicyclic amines) is 1. The number of carbonyl (C=O) groups excluding carboxylic acids is 2. The van der Waals surface area contributed by atoms with Crippen LogP contribution in [0.3, 0.4) is 0 Å². The molecule has 7 heteroatoms. The number of aromatic nitrogens is 3. The third-order valence-corrected chi connectivity index (χ3v) is 4.58. The Kier molecular flexibility index (Phi) is 4.09. The van der Waals surface area contributed by atoms with Gasteiger partial charge in [0, 0.05) is 43.3 Å². The molecule has 134 valence electrons. The van der Waals surface area contributed by atoms with E-state index in [0.29, 0.717) is 11.3 Å². The molecule has 1 aliphatic rings. The summed E-state index contributed by atoms with van der Waals surface area (Å²) in [6.07, 6.45) is 5.68. The van der Waals surface area contributed by atoms with Crippen LogP contribution in [0.5, 0.6) is 0 Å². The molecule has 1 fully saturated rings. The van der Waals surface area contributed by atoms with Gasteiger partial charge in [0.1, 0.15) is 17.3 Å². The summed E-state index contributed by atoms with van der Waals surface area (Å²) >= 11 is 0. The molecule has 3 heterocycles. The van der Waals surface area contributed by atoms with Gasteiger partial charge in [0.05, 0.1) is 0 Å². The average molecular weight is 359 g/mol. The van der Waals surface area contributed by atoms with Crippen LogP contribution >= 0.6 is 0 Å². The molecular formula is C20H17N5O2. The Labute approximate surface area is 155 Å². The summed E-state index contributed by atoms with van der Waals surface area (Å²) in [5.41, 5.74) is 8.28. The van der Waals surface area contributed by atoms with Gasteiger partial charge in [0.15, 0.2) is 5.65 Å². The number of rotatable bonds is 2. The topological polar surface area (TPSA) is 93.6 Å². The fourth-order valence-corrected chi connectivity index (χ4v) is 3.12. The number of hydrogen-bond donors (Lipinski definition) is 1. The van der Waals surface area contributed by atoms with Crippen molar-refractivity contribution in [3.8, 4) is 23.1 Å². The van der Waals surface area contributed by atoms with E-state index in [9.17, 15) is 9.59 Å². The average Bonchev–Trinajstić information content (AvgIpc) is 3.27. The van der Waals surface area contributed by atoms with Crippen molar-refractivity contribution >= 4 is 17.5 Å². The first-order chi connectivity index (χ1) is 13.0. The zero-order valence-corrected chi connectivity index (χ0v) is 14.7. The Morgan fingerprint density at radius 3 is 2.96 bits per heavy atom. The Bertz CT molecular complexity index is 1120. The zero-order valence-electron chi connectivity index (χ0n) is 14.7. The third kappa shape index (κ3) is 3.13. The largest absolute Gasteiger partial charge is 0.364 e. The minimum atomic E-state index is -0.605. The number of nitrogens with two attached hydrogens (primary N) is 1. The zero-order chi connectivity index (χ0) is 19.0. The van der Waals surface area contributed by atoms with Gasteiger partial charge >= 0.3 is 0 Å². The molecule has 3 aromatic rings. The molecule has 2 N–H and O–H groups in total. The monoisotopic (exact) mass is 359 g/mol. The van der Waals surface area contributed by atoms with E-state index in [4.69, 9.17) is 5.73 Å². The number of amides is 2. The SMILES string of the molecule is CN1CC[C@@H](C#Cc2cccc(-c3nc(C(N)=O)cn4ccnc34)c2)C1=O. The molecule has 2 amide bonds. The molecule has 2 aromatic heterocycles. The number of carbonyl (C=O) groups is 2. The summed E-state index contributed by atoms with van der Waals surface area (Å²) < 4.78 is 1.72. The first-order valence-corrected chi connectivity index (χ1v) is 8.53. The number of nitrogens with zero attached hydrogens (tertiary/aromatic N) is 4. The van der Waals surface area contributed by atoms with Crippen LogP contribution in [0.1, 0.15) is 22.5 Å². The summed E-state index contributed by atoms with van der Waals surface area (Å²) in [6, 6.07) is 7.49. The molecule has 0 radical (unpaired) electrons. The van der Waals surface area contributed by atoms with Gasteiger partial charge in [-0.25, -0.2) is 9.97 Å². The van der Waals surface area contributed by atoms with Crippen LogP contribution in [0.25, 0.3) is 16.9 Å².